The Hall–Kier alpha value is -5.10. The molecule has 12 nitrogen and oxygen atoms in total. The average Bonchev–Trinajstić information content (AvgIpc) is 3.41. The van der Waals surface area contributed by atoms with Gasteiger partial charge in [-0.3, -0.25) is 14.9 Å². The van der Waals surface area contributed by atoms with Crippen LogP contribution in [0.3, 0.4) is 0 Å². The number of aromatic nitrogens is 2. The van der Waals surface area contributed by atoms with Gasteiger partial charge in [0.05, 0.1) is 23.3 Å². The molecule has 0 aliphatic carbocycles. The Balaban J connectivity index is 1.80. The summed E-state index contributed by atoms with van der Waals surface area (Å²) in [6.45, 7) is 0.330. The number of amides is 2. The van der Waals surface area contributed by atoms with Crippen molar-refractivity contribution in [2.45, 2.75) is 31.3 Å². The van der Waals surface area contributed by atoms with Crippen LogP contribution >= 0.6 is 0 Å². The SMILES string of the molecule is NCCC[C@@H](C(=O)NC(N)=N[N+](=O)[O-])N(Cc1ccc2[nH]cnc2c1)C(=O)C(c1ccccc1)c1ccccc1. The van der Waals surface area contributed by atoms with Gasteiger partial charge in [-0.25, -0.2) is 15.1 Å². The van der Waals surface area contributed by atoms with Crippen molar-refractivity contribution in [3.8, 4) is 0 Å². The maximum absolute atomic E-state index is 14.6. The van der Waals surface area contributed by atoms with E-state index in [1.54, 1.807) is 6.33 Å². The van der Waals surface area contributed by atoms with Gasteiger partial charge in [-0.15, -0.1) is 0 Å². The van der Waals surface area contributed by atoms with Gasteiger partial charge in [0.1, 0.15) is 11.1 Å². The number of nitrogens with one attached hydrogen (secondary N) is 2. The van der Waals surface area contributed by atoms with Crippen LogP contribution in [0, 0.1) is 10.1 Å². The summed E-state index contributed by atoms with van der Waals surface area (Å²) in [5.74, 6) is -2.44. The second-order valence-corrected chi connectivity index (χ2v) is 9.13. The third kappa shape index (κ3) is 6.85. The minimum Gasteiger partial charge on any atom is -0.364 e. The van der Waals surface area contributed by atoms with E-state index in [4.69, 9.17) is 11.5 Å². The highest BCUT2D eigenvalue weighted by atomic mass is 16.7. The van der Waals surface area contributed by atoms with Crippen molar-refractivity contribution < 1.29 is 14.6 Å². The Labute approximate surface area is 230 Å². The summed E-state index contributed by atoms with van der Waals surface area (Å²) < 4.78 is 0. The molecule has 12 heteroatoms. The third-order valence-corrected chi connectivity index (χ3v) is 6.44. The number of nitrogens with two attached hydrogens (primary N) is 2. The van der Waals surface area contributed by atoms with E-state index in [2.05, 4.69) is 20.4 Å². The zero-order valence-corrected chi connectivity index (χ0v) is 21.6. The van der Waals surface area contributed by atoms with Gasteiger partial charge in [-0.05, 0) is 48.2 Å². The van der Waals surface area contributed by atoms with Gasteiger partial charge >= 0.3 is 0 Å². The number of H-pyrrole nitrogens is 1. The number of nitro groups is 1. The Morgan fingerprint density at radius 1 is 1.05 bits per heavy atom. The normalized spacial score (nSPS) is 12.3. The van der Waals surface area contributed by atoms with Crippen molar-refractivity contribution in [1.29, 1.82) is 0 Å². The van der Waals surface area contributed by atoms with Crippen LogP contribution in [0.25, 0.3) is 11.0 Å². The number of hydrogen-bond acceptors (Lipinski definition) is 6. The molecule has 206 valence electrons. The number of carbonyl (C=O) groups is 2. The highest BCUT2D eigenvalue weighted by Crippen LogP contribution is 2.29. The first-order chi connectivity index (χ1) is 19.4. The molecule has 0 aliphatic heterocycles. The minimum absolute atomic E-state index is 0.0622. The largest absolute Gasteiger partial charge is 0.364 e. The summed E-state index contributed by atoms with van der Waals surface area (Å²) in [5, 5.41) is 15.0. The van der Waals surface area contributed by atoms with E-state index in [-0.39, 0.29) is 25.4 Å². The Morgan fingerprint density at radius 2 is 1.70 bits per heavy atom. The van der Waals surface area contributed by atoms with E-state index < -0.39 is 28.9 Å². The van der Waals surface area contributed by atoms with Crippen LogP contribution in [0.1, 0.15) is 35.4 Å². The zero-order chi connectivity index (χ0) is 28.5. The van der Waals surface area contributed by atoms with Gasteiger partial charge in [0.15, 0.2) is 5.03 Å². The number of fused-ring (bicyclic) bond motifs is 1. The second-order valence-electron chi connectivity index (χ2n) is 9.13. The molecular formula is C28H30N8O4. The third-order valence-electron chi connectivity index (χ3n) is 6.44. The molecule has 0 aliphatic rings. The molecule has 6 N–H and O–H groups in total. The predicted octanol–water partition coefficient (Wildman–Crippen LogP) is 2.45. The molecule has 0 saturated heterocycles. The number of benzene rings is 3. The molecule has 3 aromatic carbocycles. The number of hydrogen-bond donors (Lipinski definition) is 4. The lowest BCUT2D eigenvalue weighted by molar-refractivity contribution is -0.485. The van der Waals surface area contributed by atoms with E-state index in [0.717, 1.165) is 22.2 Å². The molecule has 0 unspecified atom stereocenters. The van der Waals surface area contributed by atoms with Crippen LogP contribution in [0.4, 0.5) is 0 Å². The van der Waals surface area contributed by atoms with Crippen LogP contribution in [0.5, 0.6) is 0 Å². The average molecular weight is 543 g/mol. The van der Waals surface area contributed by atoms with Gasteiger partial charge in [0, 0.05) is 6.54 Å². The molecule has 4 aromatic rings. The maximum Gasteiger partial charge on any atom is 0.272 e. The molecule has 0 saturated carbocycles. The lowest BCUT2D eigenvalue weighted by atomic mass is 9.89. The first-order valence-corrected chi connectivity index (χ1v) is 12.7. The number of imidazole rings is 1. The maximum atomic E-state index is 14.6. The fraction of sp³-hybridized carbons (Fsp3) is 0.214. The Morgan fingerprint density at radius 3 is 2.30 bits per heavy atom. The molecule has 4 rings (SSSR count). The van der Waals surface area contributed by atoms with Crippen molar-refractivity contribution in [1.82, 2.24) is 20.2 Å². The van der Waals surface area contributed by atoms with E-state index in [9.17, 15) is 19.7 Å². The molecule has 0 radical (unpaired) electrons. The number of guanidine groups is 1. The number of nitrogens with zero attached hydrogens (tertiary/aromatic N) is 4. The van der Waals surface area contributed by atoms with Gasteiger partial charge in [0.25, 0.3) is 5.96 Å². The number of aromatic amines is 1. The van der Waals surface area contributed by atoms with E-state index in [0.29, 0.717) is 11.9 Å². The van der Waals surface area contributed by atoms with Crippen LogP contribution in [0.15, 0.2) is 90.3 Å². The molecule has 1 atom stereocenters. The van der Waals surface area contributed by atoms with Crippen LogP contribution in [-0.4, -0.2) is 50.3 Å². The molecular weight excluding hydrogens is 512 g/mol. The van der Waals surface area contributed by atoms with Crippen molar-refractivity contribution >= 4 is 28.8 Å². The Kier molecular flexibility index (Phi) is 9.15. The van der Waals surface area contributed by atoms with Gasteiger partial charge in [-0.1, -0.05) is 66.7 Å². The summed E-state index contributed by atoms with van der Waals surface area (Å²) in [5.41, 5.74) is 15.2. The number of hydrazone groups is 1. The number of rotatable bonds is 11. The number of carbonyl (C=O) groups excluding carboxylic acids is 2. The van der Waals surface area contributed by atoms with Crippen LogP contribution in [-0.2, 0) is 16.1 Å². The van der Waals surface area contributed by atoms with E-state index >= 15 is 0 Å². The monoisotopic (exact) mass is 542 g/mol. The van der Waals surface area contributed by atoms with E-state index in [1.807, 2.05) is 78.9 Å². The van der Waals surface area contributed by atoms with Gasteiger partial charge in [-0.2, -0.15) is 0 Å². The lowest BCUT2D eigenvalue weighted by Gasteiger charge is -2.34. The highest BCUT2D eigenvalue weighted by Gasteiger charge is 2.35. The van der Waals surface area contributed by atoms with Crippen LogP contribution in [0.2, 0.25) is 0 Å². The predicted molar refractivity (Wildman–Crippen MR) is 150 cm³/mol. The van der Waals surface area contributed by atoms with Gasteiger partial charge < -0.3 is 21.4 Å². The summed E-state index contributed by atoms with van der Waals surface area (Å²) >= 11 is 0. The topological polar surface area (TPSA) is 186 Å². The second kappa shape index (κ2) is 13.1. The summed E-state index contributed by atoms with van der Waals surface area (Å²) in [4.78, 5) is 47.7. The fourth-order valence-corrected chi connectivity index (χ4v) is 4.61. The molecule has 40 heavy (non-hydrogen) atoms. The van der Waals surface area contributed by atoms with Crippen molar-refractivity contribution in [2.75, 3.05) is 6.54 Å². The van der Waals surface area contributed by atoms with Gasteiger partial charge in [0.2, 0.25) is 11.8 Å². The molecule has 0 bridgehead atoms. The quantitative estimate of drug-likeness (QED) is 0.0970. The minimum atomic E-state index is -1.05. The summed E-state index contributed by atoms with van der Waals surface area (Å²) in [6, 6.07) is 23.1. The van der Waals surface area contributed by atoms with E-state index in [1.165, 1.54) is 4.90 Å². The highest BCUT2D eigenvalue weighted by molar-refractivity contribution is 6.00. The van der Waals surface area contributed by atoms with Crippen LogP contribution < -0.4 is 16.8 Å². The molecule has 1 heterocycles. The molecule has 0 fully saturated rings. The van der Waals surface area contributed by atoms with Crippen molar-refractivity contribution in [3.63, 3.8) is 0 Å². The molecule has 0 spiro atoms. The first-order valence-electron chi connectivity index (χ1n) is 12.7. The zero-order valence-electron chi connectivity index (χ0n) is 21.6. The standard InChI is InChI=1S/C28H30N8O4/c29-15-7-12-24(26(37)33-28(30)34-36(39)40)35(17-19-13-14-22-23(16-19)32-18-31-22)27(38)25(20-8-3-1-4-9-20)21-10-5-2-6-11-21/h1-6,8-11,13-14,16,18,24-25H,7,12,15,17,29H2,(H,31,32)(H3,30,33,34,37)/t24-/m0/s1. The van der Waals surface area contributed by atoms with Crippen molar-refractivity contribution in [2.24, 2.45) is 16.6 Å². The Bertz CT molecular complexity index is 1450. The smallest absolute Gasteiger partial charge is 0.272 e. The molecule has 2 amide bonds. The lowest BCUT2D eigenvalue weighted by Crippen LogP contribution is -2.53. The first kappa shape index (κ1) is 27.9. The summed E-state index contributed by atoms with van der Waals surface area (Å²) in [6.07, 6.45) is 2.18. The van der Waals surface area contributed by atoms with Crippen molar-refractivity contribution in [3.05, 3.63) is 112 Å². The fourth-order valence-electron chi connectivity index (χ4n) is 4.61. The molecule has 1 aromatic heterocycles. The summed E-state index contributed by atoms with van der Waals surface area (Å²) in [7, 11) is 0.